The van der Waals surface area contributed by atoms with E-state index in [2.05, 4.69) is 15.5 Å². The lowest BCUT2D eigenvalue weighted by molar-refractivity contribution is 0.102. The number of nitrogens with one attached hydrogen (secondary N) is 1. The van der Waals surface area contributed by atoms with Crippen molar-refractivity contribution in [2.75, 3.05) is 24.3 Å². The Hall–Kier alpha value is -4.04. The summed E-state index contributed by atoms with van der Waals surface area (Å²) in [6.07, 6.45) is 0. The predicted molar refractivity (Wildman–Crippen MR) is 128 cm³/mol. The molecule has 0 unspecified atom stereocenters. The SMILES string of the molecule is CN(C)c1ccc(C(=O)Nc2cccc(-c3ccc4nnc(-c5cccs5)n4n3)c2)cc1. The van der Waals surface area contributed by atoms with Crippen LogP contribution in [-0.2, 0) is 0 Å². The molecule has 0 bridgehead atoms. The smallest absolute Gasteiger partial charge is 0.255 e. The third kappa shape index (κ3) is 3.83. The van der Waals surface area contributed by atoms with Gasteiger partial charge in [-0.1, -0.05) is 18.2 Å². The summed E-state index contributed by atoms with van der Waals surface area (Å²) in [5.41, 5.74) is 4.68. The van der Waals surface area contributed by atoms with Crippen LogP contribution < -0.4 is 10.2 Å². The third-order valence-electron chi connectivity index (χ3n) is 5.07. The summed E-state index contributed by atoms with van der Waals surface area (Å²) in [5.74, 6) is 0.553. The van der Waals surface area contributed by atoms with Gasteiger partial charge in [-0.3, -0.25) is 4.79 Å². The Morgan fingerprint density at radius 3 is 2.56 bits per heavy atom. The average Bonchev–Trinajstić information content (AvgIpc) is 3.48. The van der Waals surface area contributed by atoms with Crippen LogP contribution in [0.1, 0.15) is 10.4 Å². The molecule has 0 atom stereocenters. The van der Waals surface area contributed by atoms with Crippen LogP contribution in [0.3, 0.4) is 0 Å². The molecule has 0 saturated carbocycles. The fraction of sp³-hybridized carbons (Fsp3) is 0.0833. The van der Waals surface area contributed by atoms with Gasteiger partial charge < -0.3 is 10.2 Å². The normalized spacial score (nSPS) is 10.9. The summed E-state index contributed by atoms with van der Waals surface area (Å²) < 4.78 is 1.75. The molecule has 0 aliphatic heterocycles. The molecule has 32 heavy (non-hydrogen) atoms. The Labute approximate surface area is 189 Å². The highest BCUT2D eigenvalue weighted by atomic mass is 32.1. The molecule has 0 radical (unpaired) electrons. The van der Waals surface area contributed by atoms with Gasteiger partial charge in [-0.05, 0) is 60.0 Å². The Morgan fingerprint density at radius 1 is 0.969 bits per heavy atom. The molecular weight excluding hydrogens is 420 g/mol. The first kappa shape index (κ1) is 19.9. The highest BCUT2D eigenvalue weighted by molar-refractivity contribution is 7.13. The minimum absolute atomic E-state index is 0.158. The lowest BCUT2D eigenvalue weighted by Crippen LogP contribution is -2.13. The highest BCUT2D eigenvalue weighted by Gasteiger charge is 2.12. The standard InChI is InChI=1S/C24H20N6OS/c1-29(2)19-10-8-16(9-11-19)24(31)25-18-6-3-5-17(15-18)20-12-13-22-26-27-23(30(22)28-20)21-7-4-14-32-21/h3-15H,1-2H3,(H,25,31). The van der Waals surface area contributed by atoms with Gasteiger partial charge >= 0.3 is 0 Å². The van der Waals surface area contributed by atoms with Gasteiger partial charge in [0, 0.05) is 36.6 Å². The second-order valence-electron chi connectivity index (χ2n) is 7.47. The monoisotopic (exact) mass is 440 g/mol. The van der Waals surface area contributed by atoms with E-state index in [1.165, 1.54) is 0 Å². The minimum atomic E-state index is -0.158. The van der Waals surface area contributed by atoms with Crippen LogP contribution in [0.4, 0.5) is 11.4 Å². The summed E-state index contributed by atoms with van der Waals surface area (Å²) >= 11 is 1.59. The van der Waals surface area contributed by atoms with Crippen molar-refractivity contribution >= 4 is 34.3 Å². The van der Waals surface area contributed by atoms with Crippen molar-refractivity contribution in [2.24, 2.45) is 0 Å². The van der Waals surface area contributed by atoms with Crippen molar-refractivity contribution < 1.29 is 4.79 Å². The van der Waals surface area contributed by atoms with Crippen molar-refractivity contribution in [2.45, 2.75) is 0 Å². The van der Waals surface area contributed by atoms with Crippen molar-refractivity contribution in [3.8, 4) is 22.0 Å². The van der Waals surface area contributed by atoms with Gasteiger partial charge in [-0.25, -0.2) is 0 Å². The van der Waals surface area contributed by atoms with Gasteiger partial charge in [-0.2, -0.15) is 9.61 Å². The molecule has 158 valence electrons. The number of carbonyl (C=O) groups excluding carboxylic acids is 1. The molecule has 7 nitrogen and oxygen atoms in total. The number of fused-ring (bicyclic) bond motifs is 1. The van der Waals surface area contributed by atoms with E-state index < -0.39 is 0 Å². The van der Waals surface area contributed by atoms with Crippen molar-refractivity contribution in [3.63, 3.8) is 0 Å². The van der Waals surface area contributed by atoms with Crippen LogP contribution in [0, 0.1) is 0 Å². The second kappa shape index (κ2) is 8.24. The first-order valence-electron chi connectivity index (χ1n) is 10.0. The summed E-state index contributed by atoms with van der Waals surface area (Å²) in [6.45, 7) is 0. The number of aromatic nitrogens is 4. The zero-order chi connectivity index (χ0) is 22.1. The molecule has 0 fully saturated rings. The molecule has 3 heterocycles. The summed E-state index contributed by atoms with van der Waals surface area (Å²) in [7, 11) is 3.93. The van der Waals surface area contributed by atoms with Crippen molar-refractivity contribution in [1.82, 2.24) is 19.8 Å². The Balaban J connectivity index is 1.42. The van der Waals surface area contributed by atoms with Gasteiger partial charge in [0.1, 0.15) is 0 Å². The van der Waals surface area contributed by atoms with Crippen LogP contribution >= 0.6 is 11.3 Å². The van der Waals surface area contributed by atoms with E-state index in [-0.39, 0.29) is 5.91 Å². The Kier molecular flexibility index (Phi) is 5.12. The number of rotatable bonds is 5. The van der Waals surface area contributed by atoms with Crippen molar-refractivity contribution in [3.05, 3.63) is 83.7 Å². The van der Waals surface area contributed by atoms with E-state index in [1.54, 1.807) is 15.9 Å². The fourth-order valence-electron chi connectivity index (χ4n) is 3.37. The van der Waals surface area contributed by atoms with E-state index in [0.717, 1.165) is 21.8 Å². The maximum Gasteiger partial charge on any atom is 0.255 e. The molecule has 8 heteroatoms. The Bertz CT molecular complexity index is 1390. The number of benzene rings is 2. The highest BCUT2D eigenvalue weighted by Crippen LogP contribution is 2.26. The van der Waals surface area contributed by atoms with Crippen LogP contribution in [0.5, 0.6) is 0 Å². The summed E-state index contributed by atoms with van der Waals surface area (Å²) in [5, 5.41) is 18.2. The summed E-state index contributed by atoms with van der Waals surface area (Å²) in [6, 6.07) is 22.9. The quantitative estimate of drug-likeness (QED) is 0.423. The fourth-order valence-corrected chi connectivity index (χ4v) is 4.07. The van der Waals surface area contributed by atoms with E-state index in [4.69, 9.17) is 5.10 Å². The van der Waals surface area contributed by atoms with Crippen LogP contribution in [0.2, 0.25) is 0 Å². The molecule has 5 rings (SSSR count). The molecule has 0 aliphatic rings. The van der Waals surface area contributed by atoms with E-state index in [0.29, 0.717) is 22.7 Å². The molecule has 3 aromatic heterocycles. The number of anilines is 2. The molecule has 1 N–H and O–H groups in total. The van der Waals surface area contributed by atoms with Gasteiger partial charge in [0.25, 0.3) is 5.91 Å². The maximum atomic E-state index is 12.7. The topological polar surface area (TPSA) is 75.4 Å². The average molecular weight is 441 g/mol. The number of carbonyl (C=O) groups is 1. The predicted octanol–water partition coefficient (Wildman–Crippen LogP) is 4.84. The summed E-state index contributed by atoms with van der Waals surface area (Å²) in [4.78, 5) is 15.7. The molecule has 0 aliphatic carbocycles. The first-order chi connectivity index (χ1) is 15.6. The molecule has 0 spiro atoms. The lowest BCUT2D eigenvalue weighted by Gasteiger charge is -2.13. The molecule has 1 amide bonds. The molecular formula is C24H20N6OS. The minimum Gasteiger partial charge on any atom is -0.378 e. The third-order valence-corrected chi connectivity index (χ3v) is 5.93. The second-order valence-corrected chi connectivity index (χ2v) is 8.41. The lowest BCUT2D eigenvalue weighted by atomic mass is 10.1. The maximum absolute atomic E-state index is 12.7. The molecule has 0 saturated heterocycles. The number of amides is 1. The first-order valence-corrected chi connectivity index (χ1v) is 10.9. The number of thiophene rings is 1. The van der Waals surface area contributed by atoms with Gasteiger partial charge in [0.15, 0.2) is 11.5 Å². The molecule has 5 aromatic rings. The van der Waals surface area contributed by atoms with E-state index in [1.807, 2.05) is 97.2 Å². The van der Waals surface area contributed by atoms with Crippen molar-refractivity contribution in [1.29, 1.82) is 0 Å². The van der Waals surface area contributed by atoms with Gasteiger partial charge in [0.05, 0.1) is 10.6 Å². The van der Waals surface area contributed by atoms with Gasteiger partial charge in [0.2, 0.25) is 0 Å². The Morgan fingerprint density at radius 2 is 1.81 bits per heavy atom. The zero-order valence-corrected chi connectivity index (χ0v) is 18.4. The van der Waals surface area contributed by atoms with E-state index in [9.17, 15) is 4.79 Å². The van der Waals surface area contributed by atoms with Crippen LogP contribution in [0.15, 0.2) is 78.2 Å². The number of hydrogen-bond donors (Lipinski definition) is 1. The van der Waals surface area contributed by atoms with Gasteiger partial charge in [-0.15, -0.1) is 21.5 Å². The van der Waals surface area contributed by atoms with E-state index >= 15 is 0 Å². The largest absolute Gasteiger partial charge is 0.378 e. The van der Waals surface area contributed by atoms with Crippen LogP contribution in [0.25, 0.3) is 27.6 Å². The number of hydrogen-bond acceptors (Lipinski definition) is 6. The number of nitrogens with zero attached hydrogens (tertiary/aromatic N) is 5. The molecule has 2 aromatic carbocycles. The zero-order valence-electron chi connectivity index (χ0n) is 17.6. The van der Waals surface area contributed by atoms with Crippen LogP contribution in [-0.4, -0.2) is 39.8 Å².